The first-order valence-corrected chi connectivity index (χ1v) is 10.3. The van der Waals surface area contributed by atoms with Gasteiger partial charge in [-0.15, -0.1) is 4.40 Å². The van der Waals surface area contributed by atoms with Crippen molar-refractivity contribution in [2.24, 2.45) is 9.39 Å². The maximum absolute atomic E-state index is 12.2. The fourth-order valence-corrected chi connectivity index (χ4v) is 3.02. The van der Waals surface area contributed by atoms with Crippen LogP contribution in [-0.2, 0) is 20.5 Å². The summed E-state index contributed by atoms with van der Waals surface area (Å²) >= 11 is 0. The predicted octanol–water partition coefficient (Wildman–Crippen LogP) is 2.09. The van der Waals surface area contributed by atoms with Gasteiger partial charge in [-0.1, -0.05) is 6.08 Å². The van der Waals surface area contributed by atoms with Gasteiger partial charge in [0.25, 0.3) is 0 Å². The van der Waals surface area contributed by atoms with E-state index in [-0.39, 0.29) is 6.09 Å². The quantitative estimate of drug-likeness (QED) is 0.527. The molecule has 0 aromatic rings. The Morgan fingerprint density at radius 2 is 1.89 bits per heavy atom. The van der Waals surface area contributed by atoms with Crippen molar-refractivity contribution in [3.8, 4) is 0 Å². The molecule has 2 rings (SSSR count). The Labute approximate surface area is 168 Å². The number of piperazine rings is 1. The minimum atomic E-state index is -1.72. The lowest BCUT2D eigenvalue weighted by Crippen LogP contribution is -2.52. The number of amidine groups is 1. The van der Waals surface area contributed by atoms with E-state index in [1.165, 1.54) is 0 Å². The van der Waals surface area contributed by atoms with Crippen molar-refractivity contribution in [3.63, 3.8) is 0 Å². The molecule has 2 aliphatic rings. The van der Waals surface area contributed by atoms with Crippen LogP contribution in [0, 0.1) is 0 Å². The average molecular weight is 409 g/mol. The van der Waals surface area contributed by atoms with Gasteiger partial charge in [0, 0.05) is 44.7 Å². The van der Waals surface area contributed by atoms with Crippen molar-refractivity contribution in [3.05, 3.63) is 17.8 Å². The maximum Gasteiger partial charge on any atom is 0.410 e. The molecule has 1 atom stereocenters. The predicted molar refractivity (Wildman–Crippen MR) is 110 cm³/mol. The summed E-state index contributed by atoms with van der Waals surface area (Å²) in [5, 5.41) is 0. The van der Waals surface area contributed by atoms with Gasteiger partial charge in [-0.2, -0.15) is 0 Å². The van der Waals surface area contributed by atoms with Crippen LogP contribution in [-0.4, -0.2) is 74.6 Å². The summed E-state index contributed by atoms with van der Waals surface area (Å²) in [6.45, 7) is 10.9. The zero-order valence-corrected chi connectivity index (χ0v) is 17.9. The summed E-state index contributed by atoms with van der Waals surface area (Å²) < 4.78 is 20.5. The van der Waals surface area contributed by atoms with E-state index in [2.05, 4.69) is 20.2 Å². The van der Waals surface area contributed by atoms with Gasteiger partial charge in [0.05, 0.1) is 5.57 Å². The Hall–Kier alpha value is -2.25. The van der Waals surface area contributed by atoms with Gasteiger partial charge in [-0.05, 0) is 34.6 Å². The van der Waals surface area contributed by atoms with Gasteiger partial charge in [-0.25, -0.2) is 14.0 Å². The Bertz CT molecular complexity index is 765. The molecule has 0 aliphatic carbocycles. The third-order valence-electron chi connectivity index (χ3n) is 4.12. The van der Waals surface area contributed by atoms with Crippen molar-refractivity contribution in [2.75, 3.05) is 26.2 Å². The lowest BCUT2D eigenvalue weighted by molar-refractivity contribution is -0.109. The van der Waals surface area contributed by atoms with E-state index in [0.717, 1.165) is 0 Å². The molecule has 1 amide bonds. The second kappa shape index (κ2) is 8.84. The van der Waals surface area contributed by atoms with E-state index < -0.39 is 21.3 Å². The summed E-state index contributed by atoms with van der Waals surface area (Å²) in [6.07, 6.45) is 4.46. The zero-order valence-electron chi connectivity index (χ0n) is 17.1. The summed E-state index contributed by atoms with van der Waals surface area (Å²) in [6, 6.07) is 0. The molecule has 0 radical (unpaired) electrons. The highest BCUT2D eigenvalue weighted by atomic mass is 32.2. The number of rotatable bonds is 3. The number of carbonyl (C=O) groups excluding carboxylic acids is 2. The van der Waals surface area contributed by atoms with Crippen molar-refractivity contribution >= 4 is 35.1 Å². The molecular weight excluding hydrogens is 380 g/mol. The van der Waals surface area contributed by atoms with E-state index in [4.69, 9.17) is 4.74 Å². The van der Waals surface area contributed by atoms with E-state index in [9.17, 15) is 13.8 Å². The normalized spacial score (nSPS) is 18.9. The minimum Gasteiger partial charge on any atom is -0.444 e. The molecule has 1 fully saturated rings. The molecule has 2 heterocycles. The molecule has 9 heteroatoms. The lowest BCUT2D eigenvalue weighted by Gasteiger charge is -2.37. The molecule has 0 N–H and O–H groups in total. The minimum absolute atomic E-state index is 0.318. The van der Waals surface area contributed by atoms with Gasteiger partial charge in [-0.3, -0.25) is 0 Å². The average Bonchev–Trinajstić information content (AvgIpc) is 2.65. The molecule has 0 bridgehead atoms. The molecule has 1 saturated heterocycles. The SMILES string of the molecule is CC(C)(C)OC(=O)N1CCN(C2=NC=CCC2=C=NS(=O)C(C)(C)C=O)CC1. The molecule has 28 heavy (non-hydrogen) atoms. The Balaban J connectivity index is 2.08. The number of aldehydes is 1. The first-order chi connectivity index (χ1) is 13.0. The number of ether oxygens (including phenoxy) is 1. The summed E-state index contributed by atoms with van der Waals surface area (Å²) in [4.78, 5) is 31.4. The van der Waals surface area contributed by atoms with Crippen LogP contribution in [0.25, 0.3) is 0 Å². The molecule has 2 aliphatic heterocycles. The summed E-state index contributed by atoms with van der Waals surface area (Å²) in [5.74, 6) is 3.53. The highest BCUT2D eigenvalue weighted by Crippen LogP contribution is 2.17. The second-order valence-electron chi connectivity index (χ2n) is 8.15. The number of hydrogen-bond donors (Lipinski definition) is 0. The van der Waals surface area contributed by atoms with E-state index >= 15 is 0 Å². The molecule has 8 nitrogen and oxygen atoms in total. The molecule has 154 valence electrons. The van der Waals surface area contributed by atoms with Crippen molar-refractivity contribution in [1.29, 1.82) is 0 Å². The summed E-state index contributed by atoms with van der Waals surface area (Å²) in [5.41, 5.74) is 0.187. The maximum atomic E-state index is 12.2. The van der Waals surface area contributed by atoms with E-state index in [1.807, 2.05) is 26.8 Å². The van der Waals surface area contributed by atoms with Crippen LogP contribution in [0.1, 0.15) is 41.0 Å². The van der Waals surface area contributed by atoms with Crippen LogP contribution in [0.2, 0.25) is 0 Å². The van der Waals surface area contributed by atoms with Gasteiger partial charge in [0.15, 0.2) is 11.0 Å². The Morgan fingerprint density at radius 1 is 1.25 bits per heavy atom. The van der Waals surface area contributed by atoms with Crippen LogP contribution in [0.4, 0.5) is 4.79 Å². The summed E-state index contributed by atoms with van der Waals surface area (Å²) in [7, 11) is -1.72. The smallest absolute Gasteiger partial charge is 0.410 e. The van der Waals surface area contributed by atoms with Crippen LogP contribution in [0.3, 0.4) is 0 Å². The van der Waals surface area contributed by atoms with Gasteiger partial charge < -0.3 is 19.3 Å². The van der Waals surface area contributed by atoms with Crippen LogP contribution in [0.5, 0.6) is 0 Å². The highest BCUT2D eigenvalue weighted by Gasteiger charge is 2.29. The van der Waals surface area contributed by atoms with Gasteiger partial charge in [0.1, 0.15) is 22.5 Å². The molecular formula is C19H28N4O4S. The monoisotopic (exact) mass is 408 g/mol. The fraction of sp³-hybridized carbons (Fsp3) is 0.632. The first kappa shape index (κ1) is 22.0. The Kier molecular flexibility index (Phi) is 6.96. The number of allylic oxidation sites excluding steroid dienone is 1. The fourth-order valence-electron chi connectivity index (χ4n) is 2.51. The number of amides is 1. The zero-order chi connectivity index (χ0) is 20.9. The standard InChI is InChI=1S/C19H28N4O4S/c1-18(2,3)27-17(25)23-11-9-22(10-12-23)16-15(7-6-8-20-16)13-21-28(26)19(4,5)14-24/h6,8,14H,7,9-12H2,1-5H3. The van der Waals surface area contributed by atoms with Crippen molar-refractivity contribution in [1.82, 2.24) is 9.80 Å². The van der Waals surface area contributed by atoms with Crippen molar-refractivity contribution in [2.45, 2.75) is 51.4 Å². The van der Waals surface area contributed by atoms with E-state index in [0.29, 0.717) is 50.3 Å². The van der Waals surface area contributed by atoms with Crippen LogP contribution >= 0.6 is 0 Å². The molecule has 1 unspecified atom stereocenters. The third kappa shape index (κ3) is 5.87. The lowest BCUT2D eigenvalue weighted by atomic mass is 10.1. The first-order valence-electron chi connectivity index (χ1n) is 9.20. The second-order valence-corrected chi connectivity index (χ2v) is 9.88. The topological polar surface area (TPSA) is 91.6 Å². The third-order valence-corrected chi connectivity index (χ3v) is 5.38. The Morgan fingerprint density at radius 3 is 2.46 bits per heavy atom. The number of aliphatic imine (C=N–C) groups is 1. The molecule has 0 saturated carbocycles. The molecule has 0 aromatic carbocycles. The molecule has 0 aromatic heterocycles. The number of nitrogens with zero attached hydrogens (tertiary/aromatic N) is 4. The number of carbonyl (C=O) groups is 2. The number of hydrogen-bond acceptors (Lipinski definition) is 6. The van der Waals surface area contributed by atoms with Gasteiger partial charge in [0.2, 0.25) is 0 Å². The van der Waals surface area contributed by atoms with Crippen molar-refractivity contribution < 1.29 is 18.5 Å². The van der Waals surface area contributed by atoms with Crippen LogP contribution in [0.15, 0.2) is 27.2 Å². The van der Waals surface area contributed by atoms with E-state index in [1.54, 1.807) is 24.9 Å². The van der Waals surface area contributed by atoms with Crippen LogP contribution < -0.4 is 0 Å². The highest BCUT2D eigenvalue weighted by molar-refractivity contribution is 7.85. The molecule has 0 spiro atoms. The van der Waals surface area contributed by atoms with Gasteiger partial charge >= 0.3 is 6.09 Å². The largest absolute Gasteiger partial charge is 0.444 e.